The molecule has 2 atom stereocenters. The molecule has 1 fully saturated rings. The standard InChI is InChI=1S/C18H20N2O2/c1-20-12-13-22-17(18(20)21)16(14-8-4-2-5-9-14)19-15-10-6-3-7-11-15/h2-11,16-17,19H,12-13H2,1H3. The molecule has 2 unspecified atom stereocenters. The van der Waals surface area contributed by atoms with Crippen LogP contribution in [0.25, 0.3) is 0 Å². The van der Waals surface area contributed by atoms with Gasteiger partial charge in [-0.05, 0) is 17.7 Å². The van der Waals surface area contributed by atoms with E-state index in [4.69, 9.17) is 4.74 Å². The molecule has 0 saturated carbocycles. The van der Waals surface area contributed by atoms with Crippen LogP contribution in [-0.4, -0.2) is 37.1 Å². The second-order valence-electron chi connectivity index (χ2n) is 5.45. The highest BCUT2D eigenvalue weighted by molar-refractivity contribution is 5.83. The zero-order valence-corrected chi connectivity index (χ0v) is 12.6. The van der Waals surface area contributed by atoms with E-state index in [9.17, 15) is 4.79 Å². The van der Waals surface area contributed by atoms with Crippen LogP contribution in [-0.2, 0) is 9.53 Å². The van der Waals surface area contributed by atoms with Crippen LogP contribution in [0.2, 0.25) is 0 Å². The number of morpholine rings is 1. The lowest BCUT2D eigenvalue weighted by Crippen LogP contribution is -2.49. The number of ether oxygens (including phenoxy) is 1. The molecule has 1 heterocycles. The van der Waals surface area contributed by atoms with Gasteiger partial charge in [-0.1, -0.05) is 48.5 Å². The van der Waals surface area contributed by atoms with Crippen molar-refractivity contribution < 1.29 is 9.53 Å². The fourth-order valence-corrected chi connectivity index (χ4v) is 2.66. The molecule has 1 aliphatic rings. The molecule has 4 nitrogen and oxygen atoms in total. The molecule has 2 aromatic carbocycles. The number of nitrogens with one attached hydrogen (secondary N) is 1. The summed E-state index contributed by atoms with van der Waals surface area (Å²) < 4.78 is 5.80. The normalized spacial score (nSPS) is 19.8. The maximum absolute atomic E-state index is 12.5. The zero-order valence-electron chi connectivity index (χ0n) is 12.6. The Balaban J connectivity index is 1.91. The lowest BCUT2D eigenvalue weighted by Gasteiger charge is -2.35. The monoisotopic (exact) mass is 296 g/mol. The summed E-state index contributed by atoms with van der Waals surface area (Å²) in [6.45, 7) is 1.20. The Morgan fingerprint density at radius 1 is 1.09 bits per heavy atom. The second-order valence-corrected chi connectivity index (χ2v) is 5.45. The number of hydrogen-bond acceptors (Lipinski definition) is 3. The predicted molar refractivity (Wildman–Crippen MR) is 86.6 cm³/mol. The fourth-order valence-electron chi connectivity index (χ4n) is 2.66. The Morgan fingerprint density at radius 2 is 1.73 bits per heavy atom. The molecule has 1 saturated heterocycles. The van der Waals surface area contributed by atoms with Crippen molar-refractivity contribution in [2.45, 2.75) is 12.1 Å². The minimum Gasteiger partial charge on any atom is -0.375 e. The van der Waals surface area contributed by atoms with E-state index in [1.807, 2.05) is 67.7 Å². The summed E-state index contributed by atoms with van der Waals surface area (Å²) in [7, 11) is 1.82. The molecule has 22 heavy (non-hydrogen) atoms. The molecule has 1 N–H and O–H groups in total. The number of amides is 1. The third-order valence-electron chi connectivity index (χ3n) is 3.90. The molecule has 0 bridgehead atoms. The molecule has 0 aromatic heterocycles. The number of rotatable bonds is 4. The van der Waals surface area contributed by atoms with Gasteiger partial charge in [-0.2, -0.15) is 0 Å². The van der Waals surface area contributed by atoms with Crippen molar-refractivity contribution in [1.82, 2.24) is 4.90 Å². The SMILES string of the molecule is CN1CCOC(C(Nc2ccccc2)c2ccccc2)C1=O. The highest BCUT2D eigenvalue weighted by Crippen LogP contribution is 2.27. The third kappa shape index (κ3) is 3.12. The zero-order chi connectivity index (χ0) is 15.4. The fraction of sp³-hybridized carbons (Fsp3) is 0.278. The molecule has 1 amide bonds. The maximum atomic E-state index is 12.5. The van der Waals surface area contributed by atoms with Crippen LogP contribution in [0.4, 0.5) is 5.69 Å². The van der Waals surface area contributed by atoms with Gasteiger partial charge in [0, 0.05) is 19.3 Å². The van der Waals surface area contributed by atoms with E-state index in [0.717, 1.165) is 11.3 Å². The van der Waals surface area contributed by atoms with Gasteiger partial charge >= 0.3 is 0 Å². The summed E-state index contributed by atoms with van der Waals surface area (Å²) in [4.78, 5) is 14.2. The van der Waals surface area contributed by atoms with Crippen LogP contribution in [0.15, 0.2) is 60.7 Å². The Labute approximate surface area is 130 Å². The van der Waals surface area contributed by atoms with Gasteiger partial charge in [-0.3, -0.25) is 4.79 Å². The Morgan fingerprint density at radius 3 is 2.41 bits per heavy atom. The van der Waals surface area contributed by atoms with E-state index >= 15 is 0 Å². The van der Waals surface area contributed by atoms with Gasteiger partial charge in [0.25, 0.3) is 5.91 Å². The number of nitrogens with zero attached hydrogens (tertiary/aromatic N) is 1. The molecule has 0 spiro atoms. The number of likely N-dealkylation sites (N-methyl/N-ethyl adjacent to an activating group) is 1. The Bertz CT molecular complexity index is 615. The summed E-state index contributed by atoms with van der Waals surface area (Å²) in [5.41, 5.74) is 2.01. The van der Waals surface area contributed by atoms with Crippen molar-refractivity contribution in [3.05, 3.63) is 66.2 Å². The van der Waals surface area contributed by atoms with Gasteiger partial charge < -0.3 is 15.0 Å². The number of anilines is 1. The quantitative estimate of drug-likeness (QED) is 0.943. The molecule has 3 rings (SSSR count). The summed E-state index contributed by atoms with van der Waals surface area (Å²) in [5, 5.41) is 3.44. The molecule has 0 radical (unpaired) electrons. The smallest absolute Gasteiger partial charge is 0.254 e. The number of benzene rings is 2. The van der Waals surface area contributed by atoms with Gasteiger partial charge in [0.2, 0.25) is 0 Å². The molecule has 2 aromatic rings. The van der Waals surface area contributed by atoms with Crippen molar-refractivity contribution in [2.75, 3.05) is 25.5 Å². The minimum absolute atomic E-state index is 0.0172. The van der Waals surface area contributed by atoms with Gasteiger partial charge in [-0.25, -0.2) is 0 Å². The topological polar surface area (TPSA) is 41.6 Å². The summed E-state index contributed by atoms with van der Waals surface area (Å²) in [6.07, 6.45) is -0.513. The van der Waals surface area contributed by atoms with Gasteiger partial charge in [-0.15, -0.1) is 0 Å². The number of hydrogen-bond donors (Lipinski definition) is 1. The predicted octanol–water partition coefficient (Wildman–Crippen LogP) is 2.70. The lowest BCUT2D eigenvalue weighted by atomic mass is 9.99. The van der Waals surface area contributed by atoms with Crippen molar-refractivity contribution in [1.29, 1.82) is 0 Å². The van der Waals surface area contributed by atoms with Crippen LogP contribution >= 0.6 is 0 Å². The number of carbonyl (C=O) groups is 1. The van der Waals surface area contributed by atoms with Crippen molar-refractivity contribution in [3.63, 3.8) is 0 Å². The van der Waals surface area contributed by atoms with Crippen LogP contribution in [0.5, 0.6) is 0 Å². The Kier molecular flexibility index (Phi) is 4.39. The Hall–Kier alpha value is -2.33. The van der Waals surface area contributed by atoms with E-state index in [1.54, 1.807) is 4.90 Å². The third-order valence-corrected chi connectivity index (χ3v) is 3.90. The van der Waals surface area contributed by atoms with Gasteiger partial charge in [0.15, 0.2) is 6.10 Å². The van der Waals surface area contributed by atoms with Crippen molar-refractivity contribution >= 4 is 11.6 Å². The van der Waals surface area contributed by atoms with E-state index in [2.05, 4.69) is 5.32 Å². The van der Waals surface area contributed by atoms with Crippen LogP contribution in [0, 0.1) is 0 Å². The lowest BCUT2D eigenvalue weighted by molar-refractivity contribution is -0.152. The average Bonchev–Trinajstić information content (AvgIpc) is 2.57. The highest BCUT2D eigenvalue weighted by atomic mass is 16.5. The van der Waals surface area contributed by atoms with E-state index < -0.39 is 6.10 Å². The van der Waals surface area contributed by atoms with Crippen molar-refractivity contribution in [3.8, 4) is 0 Å². The van der Waals surface area contributed by atoms with Crippen LogP contribution in [0.1, 0.15) is 11.6 Å². The first-order valence-electron chi connectivity index (χ1n) is 7.49. The average molecular weight is 296 g/mol. The van der Waals surface area contributed by atoms with Gasteiger partial charge in [0.1, 0.15) is 0 Å². The molecule has 4 heteroatoms. The van der Waals surface area contributed by atoms with Gasteiger partial charge in [0.05, 0.1) is 12.6 Å². The molecule has 0 aliphatic carbocycles. The summed E-state index contributed by atoms with van der Waals surface area (Å²) >= 11 is 0. The van der Waals surface area contributed by atoms with Crippen LogP contribution in [0.3, 0.4) is 0 Å². The van der Waals surface area contributed by atoms with E-state index in [-0.39, 0.29) is 11.9 Å². The first-order valence-corrected chi connectivity index (χ1v) is 7.49. The molecular formula is C18H20N2O2. The molecule has 1 aliphatic heterocycles. The van der Waals surface area contributed by atoms with E-state index in [0.29, 0.717) is 13.2 Å². The minimum atomic E-state index is -0.513. The highest BCUT2D eigenvalue weighted by Gasteiger charge is 2.35. The number of para-hydroxylation sites is 1. The number of carbonyl (C=O) groups excluding carboxylic acids is 1. The molecular weight excluding hydrogens is 276 g/mol. The van der Waals surface area contributed by atoms with E-state index in [1.165, 1.54) is 0 Å². The first-order chi connectivity index (χ1) is 10.8. The van der Waals surface area contributed by atoms with Crippen molar-refractivity contribution in [2.24, 2.45) is 0 Å². The molecule has 114 valence electrons. The summed E-state index contributed by atoms with van der Waals surface area (Å²) in [5.74, 6) is 0.0172. The largest absolute Gasteiger partial charge is 0.375 e. The maximum Gasteiger partial charge on any atom is 0.254 e. The first kappa shape index (κ1) is 14.6. The second kappa shape index (κ2) is 6.62. The summed E-state index contributed by atoms with van der Waals surface area (Å²) in [6, 6.07) is 19.7. The van der Waals surface area contributed by atoms with Crippen LogP contribution < -0.4 is 5.32 Å².